The lowest BCUT2D eigenvalue weighted by Crippen LogP contribution is -2.62. The zero-order valence-electron chi connectivity index (χ0n) is 50.6. The number of cyclic esters (lactones) is 1. The second-order valence-electron chi connectivity index (χ2n) is 23.6. The number of nitrogens with zero attached hydrogens (tertiary/aromatic N) is 3. The molecule has 6 heterocycles. The summed E-state index contributed by atoms with van der Waals surface area (Å²) < 4.78 is 69.4. The number of ketones is 1. The van der Waals surface area contributed by atoms with E-state index >= 15 is 9.59 Å². The van der Waals surface area contributed by atoms with Gasteiger partial charge in [0.05, 0.1) is 90.2 Å². The highest BCUT2D eigenvalue weighted by atomic mass is 35.5. The van der Waals surface area contributed by atoms with Gasteiger partial charge < -0.3 is 77.4 Å². The first kappa shape index (κ1) is 67.4. The lowest BCUT2D eigenvalue weighted by atomic mass is 9.70. The number of hydrogen-bond acceptors (Lipinski definition) is 20. The Kier molecular flexibility index (Phi) is 22.8. The molecule has 0 aliphatic carbocycles. The molecule has 3 N–H and O–H groups in total. The number of urea groups is 1. The number of benzene rings is 1. The average molecular weight is 1240 g/mol. The van der Waals surface area contributed by atoms with E-state index in [1.54, 1.807) is 72.5 Å². The fraction of sp³-hybridized carbons (Fsp3) is 0.729. The number of hydrogen-bond donors (Lipinski definition) is 3. The summed E-state index contributed by atoms with van der Waals surface area (Å²) in [4.78, 5) is 79.5. The highest BCUT2D eigenvalue weighted by molar-refractivity contribution is 8.00. The SMILES string of the molecule is CC[C@H]1OC(=O)[C@H](C)[C@@H](O[C@H]2C[C@@](C)(OC)[C@@H](O)[C@H](C)O2)[C@H](C)[C@@H](O[C@@H]2O[C@H](C)C[C@H](N(C)C(=O)N3CCOCC3)[C@H]2O)[C@](C)(OC)C[C@@H](C)C(=O)[C@H](C)[C@H]2C(SCCOc3cc(C(=O)Nc4c(Cl)cncc4Cl)ccc3OC)C(=O)O[C@@]21C. The number of methoxy groups -OCH3 is 3. The predicted molar refractivity (Wildman–Crippen MR) is 311 cm³/mol. The van der Waals surface area contributed by atoms with Gasteiger partial charge in [0.25, 0.3) is 5.91 Å². The summed E-state index contributed by atoms with van der Waals surface area (Å²) in [5.74, 6) is -5.82. The molecule has 3 amide bonds. The van der Waals surface area contributed by atoms with E-state index in [-0.39, 0.29) is 76.9 Å². The molecular formula is C59H86Cl2N4O18S. The number of fused-ring (bicyclic) bond motifs is 1. The van der Waals surface area contributed by atoms with E-state index in [9.17, 15) is 24.6 Å². The second kappa shape index (κ2) is 28.4. The Morgan fingerprint density at radius 1 is 0.893 bits per heavy atom. The number of morpholine rings is 1. The summed E-state index contributed by atoms with van der Waals surface area (Å²) >= 11 is 13.8. The van der Waals surface area contributed by atoms with Crippen molar-refractivity contribution in [2.75, 3.05) is 72.4 Å². The van der Waals surface area contributed by atoms with Crippen molar-refractivity contribution < 1.29 is 86.3 Å². The Hall–Kier alpha value is -4.11. The molecule has 5 saturated heterocycles. The molecule has 0 radical (unpaired) electrons. The number of aliphatic hydroxyl groups is 2. The Morgan fingerprint density at radius 3 is 2.19 bits per heavy atom. The molecule has 470 valence electrons. The van der Waals surface area contributed by atoms with Gasteiger partial charge in [-0.25, -0.2) is 4.79 Å². The van der Waals surface area contributed by atoms with Crippen LogP contribution in [0.5, 0.6) is 11.5 Å². The monoisotopic (exact) mass is 1240 g/mol. The van der Waals surface area contributed by atoms with Gasteiger partial charge in [0.2, 0.25) is 0 Å². The van der Waals surface area contributed by atoms with Gasteiger partial charge >= 0.3 is 18.0 Å². The standard InChI is InChI=1S/C59H86Cl2N4O18S/c1-15-42-59(10)44(49(54(71)83-59)84-23-22-77-41-25-36(16-17-40(41)73-12)52(69)63-45-37(60)28-62-29-38(45)61)32(4)46(66)30(2)26-58(9,75-14)51(82-55-47(67)39(24-31(3)78-55)64(11)56(72)65-18-20-76-21-19-65)33(5)48(34(6)53(70)80-42)81-43-27-57(8,74-13)50(68)35(7)79-43/h16-17,25,28-35,39,42-44,47-51,55,67-68H,15,18-24,26-27H2,1-14H3,(H,62,63,69)/t30-,31-,32-,33+,34-,35+,39+,42-,43+,44+,47-,48+,49?,50+,51-,55+,57-,58-,59-/m1/s1. The zero-order chi connectivity index (χ0) is 61.7. The zero-order valence-corrected chi connectivity index (χ0v) is 53.0. The Labute approximate surface area is 507 Å². The van der Waals surface area contributed by atoms with Crippen LogP contribution in [0.4, 0.5) is 10.5 Å². The van der Waals surface area contributed by atoms with Crippen molar-refractivity contribution in [2.45, 2.75) is 178 Å². The van der Waals surface area contributed by atoms with Gasteiger partial charge in [0.1, 0.15) is 29.3 Å². The number of carbonyl (C=O) groups excluding carboxylic acids is 5. The van der Waals surface area contributed by atoms with Crippen molar-refractivity contribution >= 4 is 70.3 Å². The highest BCUT2D eigenvalue weighted by Crippen LogP contribution is 2.50. The van der Waals surface area contributed by atoms with Gasteiger partial charge in [-0.1, -0.05) is 50.9 Å². The molecule has 0 saturated carbocycles. The van der Waals surface area contributed by atoms with Crippen molar-refractivity contribution in [3.8, 4) is 11.5 Å². The summed E-state index contributed by atoms with van der Waals surface area (Å²) in [7, 11) is 6.08. The highest BCUT2D eigenvalue weighted by Gasteiger charge is 2.62. The van der Waals surface area contributed by atoms with Crippen LogP contribution in [0.25, 0.3) is 0 Å². The van der Waals surface area contributed by atoms with Crippen LogP contribution in [0.2, 0.25) is 10.0 Å². The number of rotatable bonds is 16. The summed E-state index contributed by atoms with van der Waals surface area (Å²) in [5, 5.41) is 25.6. The van der Waals surface area contributed by atoms with Crippen molar-refractivity contribution in [1.29, 1.82) is 0 Å². The number of Topliss-reactive ketones (excluding diaryl/α,β-unsaturated/α-hetero) is 1. The van der Waals surface area contributed by atoms with Crippen molar-refractivity contribution in [3.05, 3.63) is 46.2 Å². The fourth-order valence-corrected chi connectivity index (χ4v) is 14.7. The molecule has 0 spiro atoms. The number of esters is 2. The fourth-order valence-electron chi connectivity index (χ4n) is 12.9. The van der Waals surface area contributed by atoms with Gasteiger partial charge in [-0.2, -0.15) is 0 Å². The number of likely N-dealkylation sites (N-methyl/N-ethyl adjacent to an activating group) is 1. The number of thioether (sulfide) groups is 1. The number of ether oxygens (including phenoxy) is 11. The molecule has 1 aromatic carbocycles. The molecule has 22 nitrogen and oxygen atoms in total. The lowest BCUT2D eigenvalue weighted by molar-refractivity contribution is -0.319. The maximum Gasteiger partial charge on any atom is 0.320 e. The summed E-state index contributed by atoms with van der Waals surface area (Å²) in [6, 6.07) is 3.59. The number of aromatic nitrogens is 1. The molecular weight excluding hydrogens is 1160 g/mol. The van der Waals surface area contributed by atoms with Crippen LogP contribution in [-0.2, 0) is 57.0 Å². The Balaban J connectivity index is 1.22. The number of pyridine rings is 1. The van der Waals surface area contributed by atoms with Gasteiger partial charge in [0.15, 0.2) is 29.7 Å². The van der Waals surface area contributed by atoms with E-state index in [0.29, 0.717) is 32.1 Å². The van der Waals surface area contributed by atoms with E-state index < -0.39 is 131 Å². The van der Waals surface area contributed by atoms with Crippen LogP contribution in [-0.4, -0.2) is 205 Å². The first-order valence-corrected chi connectivity index (χ1v) is 30.6. The molecule has 5 fully saturated rings. The van der Waals surface area contributed by atoms with Crippen LogP contribution in [0, 0.1) is 29.6 Å². The van der Waals surface area contributed by atoms with E-state index in [0.717, 1.165) is 0 Å². The number of halogens is 2. The molecule has 25 heteroatoms. The minimum absolute atomic E-state index is 0.0162. The summed E-state index contributed by atoms with van der Waals surface area (Å²) in [5.41, 5.74) is -3.68. The van der Waals surface area contributed by atoms with Gasteiger partial charge in [-0.15, -0.1) is 11.8 Å². The number of nitrogens with one attached hydrogen (secondary N) is 1. The predicted octanol–water partition coefficient (Wildman–Crippen LogP) is 7.23. The molecule has 2 aromatic rings. The Bertz CT molecular complexity index is 2620. The first-order chi connectivity index (χ1) is 39.7. The average Bonchev–Trinajstić information content (AvgIpc) is 2.16. The maximum absolute atomic E-state index is 15.4. The molecule has 5 aliphatic heterocycles. The smallest absolute Gasteiger partial charge is 0.320 e. The third-order valence-corrected chi connectivity index (χ3v) is 19.7. The second-order valence-corrected chi connectivity index (χ2v) is 25.6. The molecule has 7 rings (SSSR count). The van der Waals surface area contributed by atoms with E-state index in [2.05, 4.69) is 10.3 Å². The van der Waals surface area contributed by atoms with Crippen LogP contribution < -0.4 is 14.8 Å². The van der Waals surface area contributed by atoms with Crippen molar-refractivity contribution in [2.24, 2.45) is 29.6 Å². The van der Waals surface area contributed by atoms with Crippen LogP contribution in [0.1, 0.15) is 105 Å². The van der Waals surface area contributed by atoms with E-state index in [1.807, 2.05) is 20.8 Å². The number of amides is 3. The van der Waals surface area contributed by atoms with Crippen LogP contribution >= 0.6 is 35.0 Å². The van der Waals surface area contributed by atoms with Crippen LogP contribution in [0.15, 0.2) is 30.6 Å². The van der Waals surface area contributed by atoms with Crippen molar-refractivity contribution in [3.63, 3.8) is 0 Å². The van der Waals surface area contributed by atoms with Crippen molar-refractivity contribution in [1.82, 2.24) is 14.8 Å². The van der Waals surface area contributed by atoms with E-state index in [4.69, 9.17) is 75.3 Å². The van der Waals surface area contributed by atoms with Crippen LogP contribution in [0.3, 0.4) is 0 Å². The molecule has 1 aromatic heterocycles. The third kappa shape index (κ3) is 14.4. The quantitative estimate of drug-likeness (QED) is 0.111. The summed E-state index contributed by atoms with van der Waals surface area (Å²) in [6.45, 7) is 19.2. The van der Waals surface area contributed by atoms with Gasteiger partial charge in [-0.05, 0) is 79.0 Å². The minimum Gasteiger partial charge on any atom is -0.493 e. The molecule has 1 unspecified atom stereocenters. The largest absolute Gasteiger partial charge is 0.493 e. The lowest BCUT2D eigenvalue weighted by Gasteiger charge is -2.50. The van der Waals surface area contributed by atoms with Gasteiger partial charge in [-0.3, -0.25) is 24.2 Å². The summed E-state index contributed by atoms with van der Waals surface area (Å²) in [6.07, 6.45) is -6.19. The molecule has 0 bridgehead atoms. The maximum atomic E-state index is 15.4. The normalized spacial score (nSPS) is 37.1. The number of anilines is 1. The third-order valence-electron chi connectivity index (χ3n) is 17.8. The minimum atomic E-state index is -1.53. The number of carbonyl (C=O) groups is 5. The molecule has 19 atom stereocenters. The molecule has 84 heavy (non-hydrogen) atoms. The Morgan fingerprint density at radius 2 is 1.56 bits per heavy atom. The number of aliphatic hydroxyl groups excluding tert-OH is 2. The van der Waals surface area contributed by atoms with Gasteiger partial charge in [0, 0.05) is 88.2 Å². The first-order valence-electron chi connectivity index (χ1n) is 28.8. The molecule has 5 aliphatic rings. The topological polar surface area (TPSA) is 259 Å². The van der Waals surface area contributed by atoms with E-state index in [1.165, 1.54) is 56.5 Å².